The normalized spacial score (nSPS) is 21.0. The highest BCUT2D eigenvalue weighted by Crippen LogP contribution is 2.18. The lowest BCUT2D eigenvalue weighted by Gasteiger charge is -1.91. The molecule has 1 aliphatic rings. The summed E-state index contributed by atoms with van der Waals surface area (Å²) >= 11 is 0. The fourth-order valence-electron chi connectivity index (χ4n) is 1.25. The van der Waals surface area contributed by atoms with Gasteiger partial charge in [0.1, 0.15) is 0 Å². The third kappa shape index (κ3) is 2.05. The van der Waals surface area contributed by atoms with Gasteiger partial charge in [-0.3, -0.25) is 0 Å². The molecule has 0 aliphatic heterocycles. The second-order valence-electron chi connectivity index (χ2n) is 2.86. The molecule has 0 spiro atoms. The van der Waals surface area contributed by atoms with Crippen molar-refractivity contribution in [2.24, 2.45) is 0 Å². The molecule has 1 aliphatic carbocycles. The van der Waals surface area contributed by atoms with Crippen molar-refractivity contribution in [3.05, 3.63) is 23.8 Å². The van der Waals surface area contributed by atoms with Crippen molar-refractivity contribution >= 4 is 0 Å². The van der Waals surface area contributed by atoms with Crippen molar-refractivity contribution < 1.29 is 0 Å². The maximum atomic E-state index is 3.95. The number of hydrogen-bond acceptors (Lipinski definition) is 0. The van der Waals surface area contributed by atoms with Gasteiger partial charge in [-0.05, 0) is 32.6 Å². The van der Waals surface area contributed by atoms with Crippen LogP contribution in [0.5, 0.6) is 0 Å². The van der Waals surface area contributed by atoms with E-state index in [1.165, 1.54) is 36.8 Å². The Kier molecular flexibility index (Phi) is 2.10. The molecule has 0 amide bonds. The zero-order valence-electron chi connectivity index (χ0n) is 6.11. The van der Waals surface area contributed by atoms with Gasteiger partial charge in [0.2, 0.25) is 0 Å². The number of allylic oxidation sites excluding steroid dienone is 3. The summed E-state index contributed by atoms with van der Waals surface area (Å²) in [6.07, 6.45) is 7.39. The van der Waals surface area contributed by atoms with E-state index in [0.29, 0.717) is 0 Å². The first kappa shape index (κ1) is 6.60. The van der Waals surface area contributed by atoms with Gasteiger partial charge < -0.3 is 0 Å². The summed E-state index contributed by atoms with van der Waals surface area (Å²) in [5.74, 6) is 0. The van der Waals surface area contributed by atoms with E-state index in [-0.39, 0.29) is 0 Å². The Morgan fingerprint density at radius 2 is 2.00 bits per heavy atom. The molecule has 0 heterocycles. The predicted octanol–water partition coefficient (Wildman–Crippen LogP) is 3.06. The zero-order chi connectivity index (χ0) is 6.69. The van der Waals surface area contributed by atoms with Crippen molar-refractivity contribution in [3.8, 4) is 0 Å². The number of rotatable bonds is 0. The Morgan fingerprint density at radius 1 is 1.33 bits per heavy atom. The maximum Gasteiger partial charge on any atom is -0.0285 e. The molecular weight excluding hydrogens is 108 g/mol. The first-order valence-corrected chi connectivity index (χ1v) is 3.64. The summed E-state index contributed by atoms with van der Waals surface area (Å²) in [6, 6.07) is 0. The van der Waals surface area contributed by atoms with Crippen LogP contribution in [-0.4, -0.2) is 0 Å². The van der Waals surface area contributed by atoms with Gasteiger partial charge >= 0.3 is 0 Å². The van der Waals surface area contributed by atoms with Crippen LogP contribution in [0.2, 0.25) is 0 Å². The van der Waals surface area contributed by atoms with Gasteiger partial charge in [0.05, 0.1) is 0 Å². The molecule has 0 N–H and O–H groups in total. The lowest BCUT2D eigenvalue weighted by atomic mass is 10.2. The van der Waals surface area contributed by atoms with Gasteiger partial charge in [-0.1, -0.05) is 23.8 Å². The third-order valence-corrected chi connectivity index (χ3v) is 1.77. The van der Waals surface area contributed by atoms with Crippen LogP contribution in [0.1, 0.15) is 32.6 Å². The van der Waals surface area contributed by atoms with Gasteiger partial charge in [-0.15, -0.1) is 0 Å². The summed E-state index contributed by atoms with van der Waals surface area (Å²) in [5.41, 5.74) is 2.81. The molecule has 0 bridgehead atoms. The molecule has 0 heteroatoms. The van der Waals surface area contributed by atoms with E-state index < -0.39 is 0 Å². The third-order valence-electron chi connectivity index (χ3n) is 1.77. The second kappa shape index (κ2) is 2.86. The molecule has 0 saturated heterocycles. The predicted molar refractivity (Wildman–Crippen MR) is 41.4 cm³/mol. The van der Waals surface area contributed by atoms with Gasteiger partial charge in [0, 0.05) is 0 Å². The Morgan fingerprint density at radius 3 is 2.78 bits per heavy atom. The van der Waals surface area contributed by atoms with E-state index >= 15 is 0 Å². The summed E-state index contributed by atoms with van der Waals surface area (Å²) in [5, 5.41) is 0. The van der Waals surface area contributed by atoms with Crippen molar-refractivity contribution in [1.29, 1.82) is 0 Å². The molecule has 1 rings (SSSR count). The van der Waals surface area contributed by atoms with Crippen LogP contribution in [0.3, 0.4) is 0 Å². The summed E-state index contributed by atoms with van der Waals surface area (Å²) in [6.45, 7) is 6.14. The molecule has 0 nitrogen and oxygen atoms in total. The van der Waals surface area contributed by atoms with Crippen molar-refractivity contribution in [3.63, 3.8) is 0 Å². The van der Waals surface area contributed by atoms with Crippen LogP contribution in [0.15, 0.2) is 23.8 Å². The van der Waals surface area contributed by atoms with Crippen LogP contribution >= 0.6 is 0 Å². The molecule has 0 fully saturated rings. The average Bonchev–Trinajstić information content (AvgIpc) is 1.93. The molecule has 0 aromatic carbocycles. The van der Waals surface area contributed by atoms with Gasteiger partial charge in [-0.2, -0.15) is 0 Å². The highest BCUT2D eigenvalue weighted by Gasteiger charge is 1.99. The molecule has 0 radical (unpaired) electrons. The largest absolute Gasteiger partial charge is 0.0958 e. The lowest BCUT2D eigenvalue weighted by Crippen LogP contribution is -1.71. The molecule has 0 aromatic heterocycles. The minimum atomic E-state index is 1.21. The minimum Gasteiger partial charge on any atom is -0.0958 e. The molecule has 0 aromatic rings. The van der Waals surface area contributed by atoms with Crippen LogP contribution in [-0.2, 0) is 0 Å². The highest BCUT2D eigenvalue weighted by molar-refractivity contribution is 5.20. The standard InChI is InChI=1S/C9H14/c1-8-5-3-4-6-9(2)7-8/h7H,1,3-6H2,2H3. The summed E-state index contributed by atoms with van der Waals surface area (Å²) in [7, 11) is 0. The quantitative estimate of drug-likeness (QED) is 0.463. The van der Waals surface area contributed by atoms with E-state index in [1.54, 1.807) is 0 Å². The van der Waals surface area contributed by atoms with Gasteiger partial charge in [-0.25, -0.2) is 0 Å². The van der Waals surface area contributed by atoms with Crippen LogP contribution in [0.25, 0.3) is 0 Å². The molecule has 0 saturated carbocycles. The van der Waals surface area contributed by atoms with E-state index in [0.717, 1.165) is 0 Å². The van der Waals surface area contributed by atoms with Crippen molar-refractivity contribution in [2.75, 3.05) is 0 Å². The van der Waals surface area contributed by atoms with Crippen LogP contribution in [0.4, 0.5) is 0 Å². The smallest absolute Gasteiger partial charge is 0.0285 e. The van der Waals surface area contributed by atoms with E-state index in [1.807, 2.05) is 0 Å². The first-order valence-electron chi connectivity index (χ1n) is 3.64. The fraction of sp³-hybridized carbons (Fsp3) is 0.556. The molecule has 0 unspecified atom stereocenters. The molecular formula is C9H14. The van der Waals surface area contributed by atoms with E-state index in [2.05, 4.69) is 19.6 Å². The molecule has 50 valence electrons. The fourth-order valence-corrected chi connectivity index (χ4v) is 1.25. The highest BCUT2D eigenvalue weighted by atomic mass is 14.0. The lowest BCUT2D eigenvalue weighted by molar-refractivity contribution is 0.751. The van der Waals surface area contributed by atoms with E-state index in [9.17, 15) is 0 Å². The Hall–Kier alpha value is -0.520. The van der Waals surface area contributed by atoms with Crippen LogP contribution in [0, 0.1) is 0 Å². The summed E-state index contributed by atoms with van der Waals surface area (Å²) < 4.78 is 0. The Bertz CT molecular complexity index is 140. The second-order valence-corrected chi connectivity index (χ2v) is 2.86. The first-order chi connectivity index (χ1) is 4.29. The Labute approximate surface area is 57.3 Å². The van der Waals surface area contributed by atoms with Crippen molar-refractivity contribution in [1.82, 2.24) is 0 Å². The number of hydrogen-bond donors (Lipinski definition) is 0. The van der Waals surface area contributed by atoms with E-state index in [4.69, 9.17) is 0 Å². The van der Waals surface area contributed by atoms with Gasteiger partial charge in [0.15, 0.2) is 0 Å². The van der Waals surface area contributed by atoms with Crippen molar-refractivity contribution in [2.45, 2.75) is 32.6 Å². The summed E-state index contributed by atoms with van der Waals surface area (Å²) in [4.78, 5) is 0. The SMILES string of the molecule is C=C1C=C(C)CCCC1. The van der Waals surface area contributed by atoms with Gasteiger partial charge in [0.25, 0.3) is 0 Å². The average molecular weight is 122 g/mol. The Balaban J connectivity index is 2.59. The maximum absolute atomic E-state index is 3.95. The zero-order valence-corrected chi connectivity index (χ0v) is 6.11. The molecule has 9 heavy (non-hydrogen) atoms. The molecule has 0 atom stereocenters. The monoisotopic (exact) mass is 122 g/mol. The van der Waals surface area contributed by atoms with Crippen LogP contribution < -0.4 is 0 Å². The minimum absolute atomic E-state index is 1.21. The topological polar surface area (TPSA) is 0 Å².